The Morgan fingerprint density at radius 3 is 3.17 bits per heavy atom. The fraction of sp³-hybridized carbons (Fsp3) is 0.846. The number of nitrogens with zero attached hydrogens (tertiary/aromatic N) is 3. The van der Waals surface area contributed by atoms with Gasteiger partial charge in [0.05, 0.1) is 12.6 Å². The first-order valence-corrected chi connectivity index (χ1v) is 7.10. The van der Waals surface area contributed by atoms with Crippen LogP contribution in [0, 0.1) is 0 Å². The number of hydrogen-bond donors (Lipinski definition) is 1. The highest BCUT2D eigenvalue weighted by Gasteiger charge is 2.23. The van der Waals surface area contributed by atoms with Gasteiger partial charge in [-0.15, -0.1) is 10.2 Å². The van der Waals surface area contributed by atoms with Crippen molar-refractivity contribution in [3.63, 3.8) is 0 Å². The van der Waals surface area contributed by atoms with Gasteiger partial charge in [-0.3, -0.25) is 0 Å². The van der Waals surface area contributed by atoms with E-state index in [1.165, 1.54) is 25.7 Å². The summed E-state index contributed by atoms with van der Waals surface area (Å²) in [5.74, 6) is 2.23. The van der Waals surface area contributed by atoms with Crippen LogP contribution in [0.1, 0.15) is 44.3 Å². The van der Waals surface area contributed by atoms with Gasteiger partial charge in [0, 0.05) is 25.6 Å². The van der Waals surface area contributed by atoms with Crippen molar-refractivity contribution in [2.45, 2.75) is 64.3 Å². The third-order valence-corrected chi connectivity index (χ3v) is 4.04. The molecule has 0 spiro atoms. The van der Waals surface area contributed by atoms with E-state index in [2.05, 4.69) is 27.0 Å². The van der Waals surface area contributed by atoms with Gasteiger partial charge in [0.2, 0.25) is 0 Å². The summed E-state index contributed by atoms with van der Waals surface area (Å²) in [5, 5.41) is 12.1. The van der Waals surface area contributed by atoms with Crippen molar-refractivity contribution in [2.24, 2.45) is 0 Å². The predicted octanol–water partition coefficient (Wildman–Crippen LogP) is 1.27. The number of fused-ring (bicyclic) bond motifs is 1. The van der Waals surface area contributed by atoms with E-state index < -0.39 is 0 Å². The second-order valence-corrected chi connectivity index (χ2v) is 5.36. The minimum atomic E-state index is 0.369. The molecule has 2 unspecified atom stereocenters. The quantitative estimate of drug-likeness (QED) is 0.874. The van der Waals surface area contributed by atoms with Crippen LogP contribution in [0.3, 0.4) is 0 Å². The lowest BCUT2D eigenvalue weighted by Crippen LogP contribution is -2.37. The molecule has 0 aromatic carbocycles. The van der Waals surface area contributed by atoms with Crippen molar-refractivity contribution in [2.75, 3.05) is 6.61 Å². The minimum absolute atomic E-state index is 0.369. The Morgan fingerprint density at radius 1 is 1.39 bits per heavy atom. The summed E-state index contributed by atoms with van der Waals surface area (Å²) in [7, 11) is 0. The number of hydrogen-bond acceptors (Lipinski definition) is 4. The SMILES string of the molecule is CC(NCc1nnc2n1CCCC2)C1CCCO1. The normalized spacial score (nSPS) is 25.1. The Balaban J connectivity index is 1.57. The van der Waals surface area contributed by atoms with Crippen LogP contribution in [0.25, 0.3) is 0 Å². The van der Waals surface area contributed by atoms with E-state index in [1.54, 1.807) is 0 Å². The van der Waals surface area contributed by atoms with Gasteiger partial charge in [0.15, 0.2) is 0 Å². The van der Waals surface area contributed by atoms with Crippen LogP contribution in [-0.2, 0) is 24.2 Å². The molecule has 2 aliphatic heterocycles. The topological polar surface area (TPSA) is 52.0 Å². The van der Waals surface area contributed by atoms with Gasteiger partial charge < -0.3 is 14.6 Å². The second-order valence-electron chi connectivity index (χ2n) is 5.36. The summed E-state index contributed by atoms with van der Waals surface area (Å²) >= 11 is 0. The van der Waals surface area contributed by atoms with Crippen LogP contribution in [0.4, 0.5) is 0 Å². The van der Waals surface area contributed by atoms with E-state index in [0.29, 0.717) is 12.1 Å². The molecule has 3 heterocycles. The van der Waals surface area contributed by atoms with Crippen LogP contribution >= 0.6 is 0 Å². The molecule has 0 radical (unpaired) electrons. The van der Waals surface area contributed by atoms with Gasteiger partial charge in [-0.05, 0) is 32.6 Å². The van der Waals surface area contributed by atoms with Crippen molar-refractivity contribution in [1.82, 2.24) is 20.1 Å². The van der Waals surface area contributed by atoms with Crippen molar-refractivity contribution in [1.29, 1.82) is 0 Å². The number of nitrogens with one attached hydrogen (secondary N) is 1. The van der Waals surface area contributed by atoms with E-state index in [0.717, 1.165) is 37.8 Å². The van der Waals surface area contributed by atoms with Gasteiger partial charge in [0.25, 0.3) is 0 Å². The van der Waals surface area contributed by atoms with Gasteiger partial charge in [-0.25, -0.2) is 0 Å². The Kier molecular flexibility index (Phi) is 3.61. The number of aromatic nitrogens is 3. The molecule has 3 rings (SSSR count). The maximum atomic E-state index is 5.69. The largest absolute Gasteiger partial charge is 0.377 e. The predicted molar refractivity (Wildman–Crippen MR) is 68.2 cm³/mol. The Labute approximate surface area is 108 Å². The highest BCUT2D eigenvalue weighted by molar-refractivity contribution is 4.99. The molecule has 1 aromatic heterocycles. The molecule has 5 heteroatoms. The maximum Gasteiger partial charge on any atom is 0.147 e. The zero-order chi connectivity index (χ0) is 12.4. The number of aryl methyl sites for hydroxylation is 1. The standard InChI is InChI=1S/C13H22N4O/c1-10(11-5-4-8-18-11)14-9-13-16-15-12-6-2-3-7-17(12)13/h10-11,14H,2-9H2,1H3. The van der Waals surface area contributed by atoms with Crippen LogP contribution in [0.5, 0.6) is 0 Å². The maximum absolute atomic E-state index is 5.69. The third-order valence-electron chi connectivity index (χ3n) is 4.04. The first-order valence-electron chi connectivity index (χ1n) is 7.10. The van der Waals surface area contributed by atoms with Gasteiger partial charge >= 0.3 is 0 Å². The van der Waals surface area contributed by atoms with Crippen molar-refractivity contribution in [3.05, 3.63) is 11.6 Å². The highest BCUT2D eigenvalue weighted by atomic mass is 16.5. The number of rotatable bonds is 4. The molecule has 1 N–H and O–H groups in total. The lowest BCUT2D eigenvalue weighted by atomic mass is 10.1. The first-order chi connectivity index (χ1) is 8.84. The third kappa shape index (κ3) is 2.42. The van der Waals surface area contributed by atoms with E-state index in [9.17, 15) is 0 Å². The molecule has 18 heavy (non-hydrogen) atoms. The van der Waals surface area contributed by atoms with Crippen molar-refractivity contribution in [3.8, 4) is 0 Å². The first kappa shape index (κ1) is 12.1. The number of ether oxygens (including phenoxy) is 1. The van der Waals surface area contributed by atoms with E-state index in [4.69, 9.17) is 4.74 Å². The van der Waals surface area contributed by atoms with Gasteiger partial charge in [-0.2, -0.15) is 0 Å². The Hall–Kier alpha value is -0.940. The second kappa shape index (κ2) is 5.36. The van der Waals surface area contributed by atoms with Crippen LogP contribution in [-0.4, -0.2) is 33.5 Å². The smallest absolute Gasteiger partial charge is 0.147 e. The summed E-state index contributed by atoms with van der Waals surface area (Å²) in [6.07, 6.45) is 6.31. The van der Waals surface area contributed by atoms with E-state index in [1.807, 2.05) is 0 Å². The molecule has 2 atom stereocenters. The summed E-state index contributed by atoms with van der Waals surface area (Å²) in [6, 6.07) is 0.393. The lowest BCUT2D eigenvalue weighted by Gasteiger charge is -2.20. The van der Waals surface area contributed by atoms with Gasteiger partial charge in [0.1, 0.15) is 11.6 Å². The van der Waals surface area contributed by atoms with Crippen molar-refractivity contribution >= 4 is 0 Å². The lowest BCUT2D eigenvalue weighted by molar-refractivity contribution is 0.0828. The zero-order valence-electron chi connectivity index (χ0n) is 11.1. The molecule has 100 valence electrons. The van der Waals surface area contributed by atoms with Gasteiger partial charge in [-0.1, -0.05) is 0 Å². The molecular weight excluding hydrogens is 228 g/mol. The molecular formula is C13H22N4O. The average molecular weight is 250 g/mol. The van der Waals surface area contributed by atoms with Crippen molar-refractivity contribution < 1.29 is 4.74 Å². The molecule has 0 bridgehead atoms. The van der Waals surface area contributed by atoms with Crippen LogP contribution in [0.15, 0.2) is 0 Å². The Morgan fingerprint density at radius 2 is 2.33 bits per heavy atom. The van der Waals surface area contributed by atoms with E-state index in [-0.39, 0.29) is 0 Å². The van der Waals surface area contributed by atoms with E-state index >= 15 is 0 Å². The fourth-order valence-corrected chi connectivity index (χ4v) is 2.88. The molecule has 1 saturated heterocycles. The average Bonchev–Trinajstić information content (AvgIpc) is 3.06. The minimum Gasteiger partial charge on any atom is -0.377 e. The summed E-state index contributed by atoms with van der Waals surface area (Å²) in [4.78, 5) is 0. The summed E-state index contributed by atoms with van der Waals surface area (Å²) < 4.78 is 7.97. The molecule has 0 amide bonds. The zero-order valence-corrected chi connectivity index (χ0v) is 11.1. The highest BCUT2D eigenvalue weighted by Crippen LogP contribution is 2.17. The fourth-order valence-electron chi connectivity index (χ4n) is 2.88. The molecule has 5 nitrogen and oxygen atoms in total. The molecule has 1 fully saturated rings. The molecule has 2 aliphatic rings. The molecule has 0 aliphatic carbocycles. The molecule has 1 aromatic rings. The summed E-state index contributed by atoms with van der Waals surface area (Å²) in [5.41, 5.74) is 0. The monoisotopic (exact) mass is 250 g/mol. The molecule has 0 saturated carbocycles. The Bertz CT molecular complexity index is 398. The van der Waals surface area contributed by atoms with Crippen LogP contribution in [0.2, 0.25) is 0 Å². The van der Waals surface area contributed by atoms with Crippen LogP contribution < -0.4 is 5.32 Å². The summed E-state index contributed by atoms with van der Waals surface area (Å²) in [6.45, 7) is 4.99.